The van der Waals surface area contributed by atoms with Gasteiger partial charge in [-0.2, -0.15) is 0 Å². The molecule has 4 aromatic heterocycles. The van der Waals surface area contributed by atoms with Crippen LogP contribution in [0.1, 0.15) is 0 Å². The highest BCUT2D eigenvalue weighted by Gasteiger charge is 2.17. The number of fused-ring (bicyclic) bond motifs is 6. The summed E-state index contributed by atoms with van der Waals surface area (Å²) >= 11 is 0. The van der Waals surface area contributed by atoms with Crippen molar-refractivity contribution in [1.82, 2.24) is 19.9 Å². The molecule has 50 heavy (non-hydrogen) atoms. The van der Waals surface area contributed by atoms with Gasteiger partial charge in [0.15, 0.2) is 17.5 Å². The second-order valence-electron chi connectivity index (χ2n) is 12.3. The van der Waals surface area contributed by atoms with Crippen molar-refractivity contribution in [1.29, 1.82) is 0 Å². The minimum atomic E-state index is 0.568. The molecule has 6 nitrogen and oxygen atoms in total. The average Bonchev–Trinajstić information content (AvgIpc) is 3.76. The molecule has 0 spiro atoms. The lowest BCUT2D eigenvalue weighted by atomic mass is 9.95. The Balaban J connectivity index is 1.18. The third kappa shape index (κ3) is 4.81. The van der Waals surface area contributed by atoms with Crippen LogP contribution < -0.4 is 0 Å². The van der Waals surface area contributed by atoms with Crippen molar-refractivity contribution >= 4 is 43.9 Å². The van der Waals surface area contributed by atoms with Crippen LogP contribution in [0.25, 0.3) is 100 Å². The summed E-state index contributed by atoms with van der Waals surface area (Å²) in [4.78, 5) is 19.5. The number of hydrogen-bond acceptors (Lipinski definition) is 6. The van der Waals surface area contributed by atoms with E-state index in [1.54, 1.807) is 0 Å². The fraction of sp³-hybridized carbons (Fsp3) is 0. The maximum atomic E-state index is 6.24. The van der Waals surface area contributed by atoms with E-state index in [1.165, 1.54) is 0 Å². The number of furan rings is 2. The maximum Gasteiger partial charge on any atom is 0.164 e. The molecule has 0 fully saturated rings. The molecule has 10 aromatic rings. The van der Waals surface area contributed by atoms with E-state index in [-0.39, 0.29) is 0 Å². The van der Waals surface area contributed by atoms with E-state index in [2.05, 4.69) is 59.6 Å². The van der Waals surface area contributed by atoms with E-state index >= 15 is 0 Å². The zero-order chi connectivity index (χ0) is 33.0. The molecule has 234 valence electrons. The molecule has 0 aliphatic carbocycles. The number of benzene rings is 6. The summed E-state index contributed by atoms with van der Waals surface area (Å²) in [6.45, 7) is 0. The standard InChI is InChI=1S/C44H26N4O2/c1-2-8-28(9-3-1)42-46-43(30-14-16-36-34-10-4-6-12-38(34)50-41(36)26-30)48-44(47-42)33-23-31(27-18-20-45-21-19-27)22-32(24-33)29-15-17-40-37(25-29)35-11-5-7-13-39(35)49-40/h1-26H. The predicted octanol–water partition coefficient (Wildman–Crippen LogP) is 11.4. The quantitative estimate of drug-likeness (QED) is 0.186. The van der Waals surface area contributed by atoms with Crippen molar-refractivity contribution < 1.29 is 8.83 Å². The van der Waals surface area contributed by atoms with E-state index in [1.807, 2.05) is 103 Å². The SMILES string of the molecule is c1ccc(-c2nc(-c3cc(-c4ccncc4)cc(-c4ccc5oc6ccccc6c5c4)c3)nc(-c3ccc4c(c3)oc3ccccc34)n2)cc1. The zero-order valence-corrected chi connectivity index (χ0v) is 26.6. The second kappa shape index (κ2) is 11.4. The van der Waals surface area contributed by atoms with Gasteiger partial charge in [-0.1, -0.05) is 78.9 Å². The van der Waals surface area contributed by atoms with E-state index in [9.17, 15) is 0 Å². The van der Waals surface area contributed by atoms with Crippen molar-refractivity contribution in [3.05, 3.63) is 158 Å². The Morgan fingerprint density at radius 1 is 0.300 bits per heavy atom. The molecule has 0 atom stereocenters. The van der Waals surface area contributed by atoms with E-state index < -0.39 is 0 Å². The van der Waals surface area contributed by atoms with Crippen molar-refractivity contribution in [3.8, 4) is 56.4 Å². The fourth-order valence-corrected chi connectivity index (χ4v) is 6.76. The van der Waals surface area contributed by atoms with Crippen molar-refractivity contribution in [2.45, 2.75) is 0 Å². The highest BCUT2D eigenvalue weighted by Crippen LogP contribution is 2.37. The molecule has 6 aromatic carbocycles. The second-order valence-corrected chi connectivity index (χ2v) is 12.3. The Hall–Kier alpha value is -6.92. The van der Waals surface area contributed by atoms with Gasteiger partial charge in [0.2, 0.25) is 0 Å². The van der Waals surface area contributed by atoms with Crippen LogP contribution in [0.2, 0.25) is 0 Å². The van der Waals surface area contributed by atoms with Crippen molar-refractivity contribution in [3.63, 3.8) is 0 Å². The summed E-state index contributed by atoms with van der Waals surface area (Å²) in [5, 5.41) is 4.30. The first-order chi connectivity index (χ1) is 24.7. The number of nitrogens with zero attached hydrogens (tertiary/aromatic N) is 4. The summed E-state index contributed by atoms with van der Waals surface area (Å²) in [6.07, 6.45) is 3.63. The van der Waals surface area contributed by atoms with Crippen LogP contribution in [-0.4, -0.2) is 19.9 Å². The van der Waals surface area contributed by atoms with E-state index in [0.717, 1.165) is 82.8 Å². The summed E-state index contributed by atoms with van der Waals surface area (Å²) < 4.78 is 12.4. The lowest BCUT2D eigenvalue weighted by Crippen LogP contribution is -2.00. The number of rotatable bonds is 5. The molecule has 0 amide bonds. The topological polar surface area (TPSA) is 77.8 Å². The van der Waals surface area contributed by atoms with Crippen molar-refractivity contribution in [2.24, 2.45) is 0 Å². The molecular formula is C44H26N4O2. The van der Waals surface area contributed by atoms with Gasteiger partial charge in [-0.15, -0.1) is 0 Å². The maximum absolute atomic E-state index is 6.24. The monoisotopic (exact) mass is 642 g/mol. The molecule has 0 saturated heterocycles. The Kier molecular flexibility index (Phi) is 6.39. The van der Waals surface area contributed by atoms with Crippen LogP contribution in [0.4, 0.5) is 0 Å². The molecule has 0 bridgehead atoms. The number of aromatic nitrogens is 4. The molecule has 0 unspecified atom stereocenters. The van der Waals surface area contributed by atoms with Gasteiger partial charge < -0.3 is 8.83 Å². The van der Waals surface area contributed by atoms with Crippen LogP contribution in [0.3, 0.4) is 0 Å². The minimum absolute atomic E-state index is 0.568. The third-order valence-corrected chi connectivity index (χ3v) is 9.22. The fourth-order valence-electron chi connectivity index (χ4n) is 6.76. The van der Waals surface area contributed by atoms with Gasteiger partial charge in [0.05, 0.1) is 0 Å². The number of pyridine rings is 1. The Morgan fingerprint density at radius 2 is 0.840 bits per heavy atom. The number of para-hydroxylation sites is 2. The first kappa shape index (κ1) is 28.1. The van der Waals surface area contributed by atoms with Gasteiger partial charge >= 0.3 is 0 Å². The minimum Gasteiger partial charge on any atom is -0.456 e. The van der Waals surface area contributed by atoms with Crippen LogP contribution in [-0.2, 0) is 0 Å². The number of hydrogen-bond donors (Lipinski definition) is 0. The van der Waals surface area contributed by atoms with Crippen LogP contribution in [0, 0.1) is 0 Å². The molecule has 0 N–H and O–H groups in total. The smallest absolute Gasteiger partial charge is 0.164 e. The van der Waals surface area contributed by atoms with E-state index in [4.69, 9.17) is 23.8 Å². The highest BCUT2D eigenvalue weighted by molar-refractivity contribution is 6.07. The molecular weight excluding hydrogens is 617 g/mol. The molecule has 4 heterocycles. The van der Waals surface area contributed by atoms with Gasteiger partial charge in [0.25, 0.3) is 0 Å². The van der Waals surface area contributed by atoms with Crippen LogP contribution >= 0.6 is 0 Å². The lowest BCUT2D eigenvalue weighted by Gasteiger charge is -2.12. The van der Waals surface area contributed by atoms with E-state index in [0.29, 0.717) is 17.5 Å². The average molecular weight is 643 g/mol. The van der Waals surface area contributed by atoms with Crippen molar-refractivity contribution in [2.75, 3.05) is 0 Å². The third-order valence-electron chi connectivity index (χ3n) is 9.22. The van der Waals surface area contributed by atoms with Gasteiger partial charge in [-0.05, 0) is 89.0 Å². The lowest BCUT2D eigenvalue weighted by molar-refractivity contribution is 0.668. The summed E-state index contributed by atoms with van der Waals surface area (Å²) in [5.74, 6) is 1.74. The highest BCUT2D eigenvalue weighted by atomic mass is 16.3. The normalized spacial score (nSPS) is 11.6. The van der Waals surface area contributed by atoms with Crippen LogP contribution in [0.15, 0.2) is 167 Å². The molecule has 0 aliphatic rings. The van der Waals surface area contributed by atoms with Crippen LogP contribution in [0.5, 0.6) is 0 Å². The summed E-state index contributed by atoms with van der Waals surface area (Å²) in [7, 11) is 0. The molecule has 0 aliphatic heterocycles. The Bertz CT molecular complexity index is 2880. The summed E-state index contributed by atoms with van der Waals surface area (Å²) in [6, 6.07) is 49.3. The first-order valence-electron chi connectivity index (χ1n) is 16.4. The van der Waals surface area contributed by atoms with Gasteiger partial charge in [-0.25, -0.2) is 15.0 Å². The molecule has 10 rings (SSSR count). The Morgan fingerprint density at radius 3 is 1.60 bits per heavy atom. The zero-order valence-electron chi connectivity index (χ0n) is 26.6. The van der Waals surface area contributed by atoms with Gasteiger partial charge in [0.1, 0.15) is 22.3 Å². The van der Waals surface area contributed by atoms with Gasteiger partial charge in [0, 0.05) is 50.6 Å². The summed E-state index contributed by atoms with van der Waals surface area (Å²) in [5.41, 5.74) is 10.2. The van der Waals surface area contributed by atoms with Gasteiger partial charge in [-0.3, -0.25) is 4.98 Å². The molecule has 0 radical (unpaired) electrons. The Labute approximate surface area is 286 Å². The molecule has 0 saturated carbocycles. The predicted molar refractivity (Wildman–Crippen MR) is 199 cm³/mol. The molecule has 6 heteroatoms. The largest absolute Gasteiger partial charge is 0.456 e. The first-order valence-corrected chi connectivity index (χ1v) is 16.4.